The van der Waals surface area contributed by atoms with E-state index in [0.717, 1.165) is 12.2 Å². The molecule has 0 saturated carbocycles. The van der Waals surface area contributed by atoms with Crippen molar-refractivity contribution in [1.29, 1.82) is 0 Å². The quantitative estimate of drug-likeness (QED) is 0.863. The summed E-state index contributed by atoms with van der Waals surface area (Å²) in [5.74, 6) is 0.331. The molecule has 18 heavy (non-hydrogen) atoms. The van der Waals surface area contributed by atoms with E-state index in [1.807, 2.05) is 12.1 Å². The van der Waals surface area contributed by atoms with Gasteiger partial charge in [0.15, 0.2) is 0 Å². The second-order valence-electron chi connectivity index (χ2n) is 5.45. The van der Waals surface area contributed by atoms with Crippen LogP contribution in [0.25, 0.3) is 0 Å². The zero-order valence-corrected chi connectivity index (χ0v) is 11.4. The SMILES string of the molecule is CC(C)N1CCCC(Nc2cccc(O)c2)CC1. The van der Waals surface area contributed by atoms with Crippen molar-refractivity contribution in [2.45, 2.75) is 45.2 Å². The van der Waals surface area contributed by atoms with Gasteiger partial charge in [-0.2, -0.15) is 0 Å². The fourth-order valence-electron chi connectivity index (χ4n) is 2.61. The molecule has 1 heterocycles. The molecule has 1 aromatic carbocycles. The van der Waals surface area contributed by atoms with Gasteiger partial charge in [-0.25, -0.2) is 0 Å². The fraction of sp³-hybridized carbons (Fsp3) is 0.600. The lowest BCUT2D eigenvalue weighted by atomic mass is 10.1. The number of hydrogen-bond donors (Lipinski definition) is 2. The number of phenolic OH excluding ortho intramolecular Hbond substituents is 1. The molecule has 100 valence electrons. The molecule has 1 saturated heterocycles. The molecule has 3 heteroatoms. The molecule has 0 aliphatic carbocycles. The summed E-state index contributed by atoms with van der Waals surface area (Å²) in [5, 5.41) is 13.0. The van der Waals surface area contributed by atoms with Crippen LogP contribution in [0.5, 0.6) is 5.75 Å². The molecule has 0 radical (unpaired) electrons. The highest BCUT2D eigenvalue weighted by atomic mass is 16.3. The van der Waals surface area contributed by atoms with E-state index in [4.69, 9.17) is 0 Å². The number of nitrogens with zero attached hydrogens (tertiary/aromatic N) is 1. The van der Waals surface area contributed by atoms with Crippen molar-refractivity contribution >= 4 is 5.69 Å². The number of anilines is 1. The molecule has 1 fully saturated rings. The van der Waals surface area contributed by atoms with Crippen LogP contribution in [-0.2, 0) is 0 Å². The fourth-order valence-corrected chi connectivity index (χ4v) is 2.61. The second kappa shape index (κ2) is 6.10. The maximum Gasteiger partial charge on any atom is 0.117 e. The lowest BCUT2D eigenvalue weighted by molar-refractivity contribution is 0.230. The summed E-state index contributed by atoms with van der Waals surface area (Å²) < 4.78 is 0. The highest BCUT2D eigenvalue weighted by Gasteiger charge is 2.18. The highest BCUT2D eigenvalue weighted by Crippen LogP contribution is 2.20. The summed E-state index contributed by atoms with van der Waals surface area (Å²) >= 11 is 0. The maximum absolute atomic E-state index is 9.46. The van der Waals surface area contributed by atoms with Gasteiger partial charge in [-0.15, -0.1) is 0 Å². The standard InChI is InChI=1S/C15H24N2O/c1-12(2)17-9-4-6-13(8-10-17)16-14-5-3-7-15(18)11-14/h3,5,7,11-13,16,18H,4,6,8-10H2,1-2H3. The zero-order valence-electron chi connectivity index (χ0n) is 11.4. The number of hydrogen-bond acceptors (Lipinski definition) is 3. The molecular weight excluding hydrogens is 224 g/mol. The first kappa shape index (κ1) is 13.2. The van der Waals surface area contributed by atoms with Crippen LogP contribution in [0, 0.1) is 0 Å². The Bertz CT molecular complexity index is 379. The average molecular weight is 248 g/mol. The Morgan fingerprint density at radius 1 is 1.28 bits per heavy atom. The van der Waals surface area contributed by atoms with E-state index in [1.54, 1.807) is 12.1 Å². The molecule has 0 bridgehead atoms. The summed E-state index contributed by atoms with van der Waals surface area (Å²) in [7, 11) is 0. The molecule has 3 nitrogen and oxygen atoms in total. The Morgan fingerprint density at radius 2 is 2.11 bits per heavy atom. The van der Waals surface area contributed by atoms with E-state index in [-0.39, 0.29) is 0 Å². The van der Waals surface area contributed by atoms with E-state index in [1.165, 1.54) is 25.8 Å². The number of benzene rings is 1. The molecule has 0 aromatic heterocycles. The monoisotopic (exact) mass is 248 g/mol. The Labute approximate surface area is 110 Å². The minimum absolute atomic E-state index is 0.331. The molecule has 1 atom stereocenters. The predicted molar refractivity (Wildman–Crippen MR) is 76.1 cm³/mol. The molecule has 1 aromatic rings. The average Bonchev–Trinajstić information content (AvgIpc) is 2.55. The molecule has 0 spiro atoms. The van der Waals surface area contributed by atoms with E-state index < -0.39 is 0 Å². The Kier molecular flexibility index (Phi) is 4.48. The van der Waals surface area contributed by atoms with Gasteiger partial charge in [-0.1, -0.05) is 6.07 Å². The lowest BCUT2D eigenvalue weighted by Crippen LogP contribution is -2.32. The van der Waals surface area contributed by atoms with Gasteiger partial charge >= 0.3 is 0 Å². The van der Waals surface area contributed by atoms with Crippen LogP contribution < -0.4 is 5.32 Å². The van der Waals surface area contributed by atoms with Crippen LogP contribution in [0.4, 0.5) is 5.69 Å². The normalized spacial score (nSPS) is 21.8. The third kappa shape index (κ3) is 3.64. The van der Waals surface area contributed by atoms with E-state index >= 15 is 0 Å². The molecule has 2 rings (SSSR count). The van der Waals surface area contributed by atoms with Gasteiger partial charge in [-0.05, 0) is 51.8 Å². The van der Waals surface area contributed by atoms with Crippen LogP contribution in [0.3, 0.4) is 0 Å². The first-order valence-electron chi connectivity index (χ1n) is 6.95. The van der Waals surface area contributed by atoms with Crippen molar-refractivity contribution in [2.24, 2.45) is 0 Å². The Morgan fingerprint density at radius 3 is 2.83 bits per heavy atom. The molecule has 2 N–H and O–H groups in total. The molecule has 0 amide bonds. The van der Waals surface area contributed by atoms with Crippen LogP contribution in [0.15, 0.2) is 24.3 Å². The third-order valence-corrected chi connectivity index (χ3v) is 3.71. The van der Waals surface area contributed by atoms with Crippen LogP contribution in [0.1, 0.15) is 33.1 Å². The van der Waals surface area contributed by atoms with Gasteiger partial charge in [0.1, 0.15) is 5.75 Å². The molecule has 1 aliphatic heterocycles. The van der Waals surface area contributed by atoms with Gasteiger partial charge in [0.2, 0.25) is 0 Å². The van der Waals surface area contributed by atoms with E-state index in [2.05, 4.69) is 24.1 Å². The summed E-state index contributed by atoms with van der Waals surface area (Å²) in [6.07, 6.45) is 3.63. The summed E-state index contributed by atoms with van der Waals surface area (Å²) in [6.45, 7) is 6.90. The van der Waals surface area contributed by atoms with Crippen LogP contribution in [-0.4, -0.2) is 35.2 Å². The van der Waals surface area contributed by atoms with Crippen molar-refractivity contribution in [2.75, 3.05) is 18.4 Å². The van der Waals surface area contributed by atoms with Gasteiger partial charge in [0, 0.05) is 30.4 Å². The minimum atomic E-state index is 0.331. The topological polar surface area (TPSA) is 35.5 Å². The summed E-state index contributed by atoms with van der Waals surface area (Å²) in [4.78, 5) is 2.55. The lowest BCUT2D eigenvalue weighted by Gasteiger charge is -2.24. The second-order valence-corrected chi connectivity index (χ2v) is 5.45. The minimum Gasteiger partial charge on any atom is -0.508 e. The number of phenols is 1. The molecule has 1 unspecified atom stereocenters. The van der Waals surface area contributed by atoms with Crippen molar-refractivity contribution in [1.82, 2.24) is 4.90 Å². The first-order valence-corrected chi connectivity index (χ1v) is 6.95. The van der Waals surface area contributed by atoms with Crippen molar-refractivity contribution < 1.29 is 5.11 Å². The predicted octanol–water partition coefficient (Wildman–Crippen LogP) is 3.07. The zero-order chi connectivity index (χ0) is 13.0. The highest BCUT2D eigenvalue weighted by molar-refractivity contribution is 5.48. The van der Waals surface area contributed by atoms with Crippen LogP contribution in [0.2, 0.25) is 0 Å². The Balaban J connectivity index is 1.91. The van der Waals surface area contributed by atoms with Crippen molar-refractivity contribution in [3.8, 4) is 5.75 Å². The third-order valence-electron chi connectivity index (χ3n) is 3.71. The van der Waals surface area contributed by atoms with Gasteiger partial charge in [0.05, 0.1) is 0 Å². The summed E-state index contributed by atoms with van der Waals surface area (Å²) in [5.41, 5.74) is 1.03. The van der Waals surface area contributed by atoms with Crippen molar-refractivity contribution in [3.05, 3.63) is 24.3 Å². The molecule has 1 aliphatic rings. The van der Waals surface area contributed by atoms with Gasteiger partial charge < -0.3 is 15.3 Å². The summed E-state index contributed by atoms with van der Waals surface area (Å²) in [6, 6.07) is 8.57. The van der Waals surface area contributed by atoms with Crippen molar-refractivity contribution in [3.63, 3.8) is 0 Å². The number of nitrogens with one attached hydrogen (secondary N) is 1. The van der Waals surface area contributed by atoms with Gasteiger partial charge in [-0.3, -0.25) is 0 Å². The van der Waals surface area contributed by atoms with E-state index in [0.29, 0.717) is 17.8 Å². The molecular formula is C15H24N2O. The largest absolute Gasteiger partial charge is 0.508 e. The smallest absolute Gasteiger partial charge is 0.117 e. The van der Waals surface area contributed by atoms with Crippen LogP contribution >= 0.6 is 0 Å². The number of rotatable bonds is 3. The number of aromatic hydroxyl groups is 1. The maximum atomic E-state index is 9.46. The number of likely N-dealkylation sites (tertiary alicyclic amines) is 1. The Hall–Kier alpha value is -1.22. The van der Waals surface area contributed by atoms with Gasteiger partial charge in [0.25, 0.3) is 0 Å². The van der Waals surface area contributed by atoms with E-state index in [9.17, 15) is 5.11 Å². The first-order chi connectivity index (χ1) is 8.65.